The van der Waals surface area contributed by atoms with Gasteiger partial charge in [0.25, 0.3) is 0 Å². The lowest BCUT2D eigenvalue weighted by Crippen LogP contribution is -2.37. The number of aromatic nitrogens is 2. The van der Waals surface area contributed by atoms with Gasteiger partial charge in [0.2, 0.25) is 0 Å². The van der Waals surface area contributed by atoms with Crippen LogP contribution in [-0.4, -0.2) is 47.0 Å². The van der Waals surface area contributed by atoms with Crippen molar-refractivity contribution in [3.63, 3.8) is 0 Å². The summed E-state index contributed by atoms with van der Waals surface area (Å²) in [5.74, 6) is 0. The van der Waals surface area contributed by atoms with Gasteiger partial charge in [0, 0.05) is 45.0 Å². The lowest BCUT2D eigenvalue weighted by molar-refractivity contribution is 0.0611. The third-order valence-corrected chi connectivity index (χ3v) is 3.56. The monoisotopic (exact) mass is 252 g/mol. The van der Waals surface area contributed by atoms with Gasteiger partial charge in [0.1, 0.15) is 0 Å². The van der Waals surface area contributed by atoms with Crippen LogP contribution in [0.1, 0.15) is 30.6 Å². The van der Waals surface area contributed by atoms with E-state index in [-0.39, 0.29) is 12.1 Å². The molecule has 5 heteroatoms. The number of rotatable bonds is 3. The number of hydrogen-bond donors (Lipinski definition) is 1. The Labute approximate surface area is 109 Å². The normalized spacial score (nSPS) is 23.9. The van der Waals surface area contributed by atoms with Gasteiger partial charge in [0.15, 0.2) is 0 Å². The molecule has 2 atom stereocenters. The van der Waals surface area contributed by atoms with Crippen LogP contribution in [0.3, 0.4) is 0 Å². The van der Waals surface area contributed by atoms with Crippen molar-refractivity contribution in [2.45, 2.75) is 32.4 Å². The van der Waals surface area contributed by atoms with Crippen LogP contribution in [0.4, 0.5) is 0 Å². The number of aryl methyl sites for hydroxylation is 2. The minimum atomic E-state index is 0.253. The lowest BCUT2D eigenvalue weighted by Gasteiger charge is -2.30. The van der Waals surface area contributed by atoms with E-state index in [1.54, 1.807) is 0 Å². The van der Waals surface area contributed by atoms with Crippen LogP contribution in [-0.2, 0) is 11.8 Å². The molecule has 0 radical (unpaired) electrons. The average molecular weight is 252 g/mol. The number of nitrogens with zero attached hydrogens (tertiary/aromatic N) is 3. The summed E-state index contributed by atoms with van der Waals surface area (Å²) in [5, 5.41) is 4.42. The second-order valence-electron chi connectivity index (χ2n) is 5.12. The maximum atomic E-state index is 5.99. The molecule has 2 unspecified atom stereocenters. The molecule has 1 aromatic rings. The Balaban J connectivity index is 2.19. The van der Waals surface area contributed by atoms with E-state index in [0.717, 1.165) is 31.8 Å². The van der Waals surface area contributed by atoms with E-state index in [2.05, 4.69) is 30.0 Å². The fraction of sp³-hybridized carbons (Fsp3) is 0.769. The SMILES string of the molecule is Cc1nn(C)cc1C(CN)N1CCCOC(C)C1. The molecule has 0 spiro atoms. The van der Waals surface area contributed by atoms with Crippen LogP contribution in [0.25, 0.3) is 0 Å². The van der Waals surface area contributed by atoms with Crippen LogP contribution in [0.15, 0.2) is 6.20 Å². The first kappa shape index (κ1) is 13.5. The Morgan fingerprint density at radius 2 is 2.39 bits per heavy atom. The molecular weight excluding hydrogens is 228 g/mol. The number of hydrogen-bond acceptors (Lipinski definition) is 4. The van der Waals surface area contributed by atoms with Crippen molar-refractivity contribution < 1.29 is 4.74 Å². The molecule has 0 aromatic carbocycles. The van der Waals surface area contributed by atoms with E-state index in [4.69, 9.17) is 10.5 Å². The average Bonchev–Trinajstić information content (AvgIpc) is 2.52. The first-order chi connectivity index (χ1) is 8.61. The van der Waals surface area contributed by atoms with Gasteiger partial charge >= 0.3 is 0 Å². The molecule has 1 aromatic heterocycles. The first-order valence-corrected chi connectivity index (χ1v) is 6.67. The van der Waals surface area contributed by atoms with Gasteiger partial charge in [-0.05, 0) is 20.3 Å². The first-order valence-electron chi connectivity index (χ1n) is 6.67. The summed E-state index contributed by atoms with van der Waals surface area (Å²) in [7, 11) is 1.96. The maximum absolute atomic E-state index is 5.99. The molecule has 0 saturated carbocycles. The predicted molar refractivity (Wildman–Crippen MR) is 71.3 cm³/mol. The van der Waals surface area contributed by atoms with Crippen LogP contribution in [0.2, 0.25) is 0 Å². The van der Waals surface area contributed by atoms with Crippen molar-refractivity contribution in [1.82, 2.24) is 14.7 Å². The van der Waals surface area contributed by atoms with Crippen molar-refractivity contribution in [2.24, 2.45) is 12.8 Å². The number of ether oxygens (including phenoxy) is 1. The van der Waals surface area contributed by atoms with Gasteiger partial charge in [-0.2, -0.15) is 5.10 Å². The largest absolute Gasteiger partial charge is 0.377 e. The Bertz CT molecular complexity index is 390. The second-order valence-corrected chi connectivity index (χ2v) is 5.12. The van der Waals surface area contributed by atoms with Gasteiger partial charge in [-0.15, -0.1) is 0 Å². The van der Waals surface area contributed by atoms with E-state index >= 15 is 0 Å². The zero-order valence-electron chi connectivity index (χ0n) is 11.6. The minimum Gasteiger partial charge on any atom is -0.377 e. The van der Waals surface area contributed by atoms with Crippen LogP contribution < -0.4 is 5.73 Å². The highest BCUT2D eigenvalue weighted by Gasteiger charge is 2.25. The summed E-state index contributed by atoms with van der Waals surface area (Å²) in [6.07, 6.45) is 3.43. The molecule has 2 N–H and O–H groups in total. The maximum Gasteiger partial charge on any atom is 0.0674 e. The molecule has 0 aliphatic carbocycles. The summed E-state index contributed by atoms with van der Waals surface area (Å²) < 4.78 is 7.56. The zero-order valence-corrected chi connectivity index (χ0v) is 11.6. The summed E-state index contributed by atoms with van der Waals surface area (Å²) in [6, 6.07) is 0.253. The van der Waals surface area contributed by atoms with Crippen molar-refractivity contribution in [3.8, 4) is 0 Å². The fourth-order valence-electron chi connectivity index (χ4n) is 2.73. The Hall–Kier alpha value is -0.910. The molecule has 1 aliphatic heterocycles. The molecular formula is C13H24N4O. The van der Waals surface area contributed by atoms with Crippen LogP contribution in [0.5, 0.6) is 0 Å². The van der Waals surface area contributed by atoms with Gasteiger partial charge < -0.3 is 10.5 Å². The summed E-state index contributed by atoms with van der Waals surface area (Å²) >= 11 is 0. The van der Waals surface area contributed by atoms with Gasteiger partial charge in [-0.25, -0.2) is 0 Å². The summed E-state index contributed by atoms with van der Waals surface area (Å²) in [5.41, 5.74) is 8.31. The van der Waals surface area contributed by atoms with E-state index in [0.29, 0.717) is 6.54 Å². The molecule has 18 heavy (non-hydrogen) atoms. The quantitative estimate of drug-likeness (QED) is 0.866. The molecule has 2 rings (SSSR count). The summed E-state index contributed by atoms with van der Waals surface area (Å²) in [4.78, 5) is 2.43. The van der Waals surface area contributed by atoms with E-state index < -0.39 is 0 Å². The van der Waals surface area contributed by atoms with Crippen molar-refractivity contribution >= 4 is 0 Å². The zero-order chi connectivity index (χ0) is 13.1. The predicted octanol–water partition coefficient (Wildman–Crippen LogP) is 0.839. The standard InChI is InChI=1S/C13H24N4O/c1-10-8-17(5-4-6-18-10)13(7-14)12-9-16(3)15-11(12)2/h9-10,13H,4-8,14H2,1-3H3. The van der Waals surface area contributed by atoms with Crippen molar-refractivity contribution in [3.05, 3.63) is 17.5 Å². The third-order valence-electron chi connectivity index (χ3n) is 3.56. The van der Waals surface area contributed by atoms with E-state index in [1.165, 1.54) is 5.56 Å². The van der Waals surface area contributed by atoms with Gasteiger partial charge in [0.05, 0.1) is 17.8 Å². The third kappa shape index (κ3) is 2.91. The van der Waals surface area contributed by atoms with Crippen molar-refractivity contribution in [1.29, 1.82) is 0 Å². The number of nitrogens with two attached hydrogens (primary N) is 1. The molecule has 0 amide bonds. The van der Waals surface area contributed by atoms with Crippen molar-refractivity contribution in [2.75, 3.05) is 26.2 Å². The van der Waals surface area contributed by atoms with E-state index in [9.17, 15) is 0 Å². The molecule has 102 valence electrons. The topological polar surface area (TPSA) is 56.3 Å². The second kappa shape index (κ2) is 5.82. The molecule has 2 heterocycles. The highest BCUT2D eigenvalue weighted by molar-refractivity contribution is 5.20. The molecule has 1 saturated heterocycles. The van der Waals surface area contributed by atoms with Crippen LogP contribution >= 0.6 is 0 Å². The van der Waals surface area contributed by atoms with Gasteiger partial charge in [-0.3, -0.25) is 9.58 Å². The highest BCUT2D eigenvalue weighted by atomic mass is 16.5. The minimum absolute atomic E-state index is 0.253. The Morgan fingerprint density at radius 3 is 3.00 bits per heavy atom. The molecule has 5 nitrogen and oxygen atoms in total. The smallest absolute Gasteiger partial charge is 0.0674 e. The fourth-order valence-corrected chi connectivity index (χ4v) is 2.73. The molecule has 1 aliphatic rings. The van der Waals surface area contributed by atoms with Crippen LogP contribution in [0, 0.1) is 6.92 Å². The molecule has 1 fully saturated rings. The molecule has 0 bridgehead atoms. The highest BCUT2D eigenvalue weighted by Crippen LogP contribution is 2.24. The Kier molecular flexibility index (Phi) is 4.37. The van der Waals surface area contributed by atoms with E-state index in [1.807, 2.05) is 11.7 Å². The van der Waals surface area contributed by atoms with Gasteiger partial charge in [-0.1, -0.05) is 0 Å². The lowest BCUT2D eigenvalue weighted by atomic mass is 10.1. The Morgan fingerprint density at radius 1 is 1.61 bits per heavy atom. The summed E-state index contributed by atoms with van der Waals surface area (Å²) in [6.45, 7) is 7.63.